The van der Waals surface area contributed by atoms with Gasteiger partial charge >= 0.3 is 33.5 Å². The van der Waals surface area contributed by atoms with Crippen LogP contribution in [0.3, 0.4) is 0 Å². The lowest BCUT2D eigenvalue weighted by atomic mass is 10.2. The zero-order valence-electron chi connectivity index (χ0n) is 7.85. The molecule has 16 heavy (non-hydrogen) atoms. The van der Waals surface area contributed by atoms with Crippen molar-refractivity contribution in [3.63, 3.8) is 0 Å². The van der Waals surface area contributed by atoms with Gasteiger partial charge in [-0.1, -0.05) is 8.58 Å². The molecule has 0 unspecified atom stereocenters. The Morgan fingerprint density at radius 1 is 0.812 bits per heavy atom. The molecule has 0 heterocycles. The van der Waals surface area contributed by atoms with Crippen molar-refractivity contribution in [3.05, 3.63) is 0 Å². The molecule has 0 aromatic heterocycles. The van der Waals surface area contributed by atoms with E-state index in [1.807, 2.05) is 0 Å². The summed E-state index contributed by atoms with van der Waals surface area (Å²) in [5, 5.41) is 0. The smallest absolute Gasteiger partial charge is 0.307 e. The van der Waals surface area contributed by atoms with Gasteiger partial charge in [-0.2, -0.15) is 0 Å². The number of rotatable bonds is 7. The van der Waals surface area contributed by atoms with Gasteiger partial charge in [0.25, 0.3) is 0 Å². The molecule has 0 aromatic carbocycles. The first-order valence-electron chi connectivity index (χ1n) is 3.95. The van der Waals surface area contributed by atoms with Crippen molar-refractivity contribution in [2.75, 3.05) is 0 Å². The van der Waals surface area contributed by atoms with Crippen molar-refractivity contribution in [1.82, 2.24) is 0 Å². The SMILES string of the molecule is O=C(CCCCC(=O)O[Cl+2]([O-])[O-])O[Cl+2]([O-])[O-]. The summed E-state index contributed by atoms with van der Waals surface area (Å²) in [6.45, 7) is 0. The summed E-state index contributed by atoms with van der Waals surface area (Å²) in [7, 11) is -5.15. The molecule has 0 aliphatic carbocycles. The molecule has 0 aromatic rings. The summed E-state index contributed by atoms with van der Waals surface area (Å²) in [4.78, 5) is 21.3. The highest BCUT2D eigenvalue weighted by Crippen LogP contribution is 2.03. The maximum atomic E-state index is 10.6. The highest BCUT2D eigenvalue weighted by Gasteiger charge is 2.19. The lowest BCUT2D eigenvalue weighted by molar-refractivity contribution is -1.62. The molecule has 0 N–H and O–H groups in total. The van der Waals surface area contributed by atoms with Crippen LogP contribution in [0.1, 0.15) is 25.7 Å². The molecule has 0 amide bonds. The fourth-order valence-electron chi connectivity index (χ4n) is 0.756. The van der Waals surface area contributed by atoms with Crippen molar-refractivity contribution in [3.8, 4) is 0 Å². The molecular formula is C6H8Cl2O8. The first kappa shape index (κ1) is 15.4. The minimum Gasteiger partial charge on any atom is -0.307 e. The van der Waals surface area contributed by atoms with Crippen LogP contribution in [-0.2, 0) is 18.2 Å². The first-order valence-corrected chi connectivity index (χ1v) is 5.80. The van der Waals surface area contributed by atoms with Crippen molar-refractivity contribution in [2.24, 2.45) is 0 Å². The second-order valence-electron chi connectivity index (χ2n) is 2.48. The van der Waals surface area contributed by atoms with E-state index >= 15 is 0 Å². The van der Waals surface area contributed by atoms with Gasteiger partial charge in [-0.25, -0.2) is 9.59 Å². The Hall–Kier alpha value is -0.640. The topological polar surface area (TPSA) is 145 Å². The van der Waals surface area contributed by atoms with E-state index in [1.54, 1.807) is 0 Å². The van der Waals surface area contributed by atoms with E-state index in [9.17, 15) is 28.2 Å². The Bertz CT molecular complexity index is 207. The van der Waals surface area contributed by atoms with Gasteiger partial charge in [-0.3, -0.25) is 0 Å². The van der Waals surface area contributed by atoms with Crippen LogP contribution in [0, 0.1) is 21.6 Å². The second-order valence-corrected chi connectivity index (χ2v) is 3.55. The number of hydrogen-bond donors (Lipinski definition) is 0. The largest absolute Gasteiger partial charge is 0.421 e. The second kappa shape index (κ2) is 8.50. The van der Waals surface area contributed by atoms with Crippen LogP contribution in [0.15, 0.2) is 0 Å². The van der Waals surface area contributed by atoms with Crippen molar-refractivity contribution >= 4 is 11.9 Å². The lowest BCUT2D eigenvalue weighted by Gasteiger charge is -1.96. The molecule has 0 aliphatic heterocycles. The molecule has 0 spiro atoms. The number of carbonyl (C=O) groups excluding carboxylic acids is 2. The normalized spacial score (nSPS) is 10.6. The molecule has 0 atom stereocenters. The predicted molar refractivity (Wildman–Crippen MR) is 30.7 cm³/mol. The summed E-state index contributed by atoms with van der Waals surface area (Å²) < 4.78 is 46.9. The van der Waals surface area contributed by atoms with Crippen LogP contribution in [0.5, 0.6) is 0 Å². The number of carbonyl (C=O) groups is 2. The van der Waals surface area contributed by atoms with Crippen molar-refractivity contribution in [2.45, 2.75) is 25.7 Å². The quantitative estimate of drug-likeness (QED) is 0.426. The van der Waals surface area contributed by atoms with Gasteiger partial charge in [0, 0.05) is 0 Å². The Morgan fingerprint density at radius 2 is 1.12 bits per heavy atom. The average molecular weight is 279 g/mol. The highest BCUT2D eigenvalue weighted by atomic mass is 35.6. The average Bonchev–Trinajstić information content (AvgIpc) is 2.10. The third-order valence-corrected chi connectivity index (χ3v) is 1.91. The molecule has 0 saturated carbocycles. The Kier molecular flexibility index (Phi) is 8.16. The minimum atomic E-state index is -2.57. The van der Waals surface area contributed by atoms with E-state index < -0.39 is 33.5 Å². The maximum Gasteiger partial charge on any atom is 0.421 e. The van der Waals surface area contributed by atoms with E-state index in [2.05, 4.69) is 8.58 Å². The molecule has 94 valence electrons. The van der Waals surface area contributed by atoms with E-state index in [4.69, 9.17) is 0 Å². The summed E-state index contributed by atoms with van der Waals surface area (Å²) in [6.07, 6.45) is -0.0201. The molecule has 0 saturated heterocycles. The van der Waals surface area contributed by atoms with E-state index in [1.165, 1.54) is 0 Å². The lowest BCUT2D eigenvalue weighted by Crippen LogP contribution is -2.36. The summed E-state index contributed by atoms with van der Waals surface area (Å²) in [5.41, 5.74) is 0. The summed E-state index contributed by atoms with van der Waals surface area (Å²) in [5.74, 6) is -1.91. The first-order chi connectivity index (χ1) is 7.41. The fraction of sp³-hybridized carbons (Fsp3) is 0.667. The van der Waals surface area contributed by atoms with E-state index in [-0.39, 0.29) is 25.7 Å². The van der Waals surface area contributed by atoms with Crippen molar-refractivity contribution in [1.29, 1.82) is 0 Å². The van der Waals surface area contributed by atoms with E-state index in [0.717, 1.165) is 0 Å². The van der Waals surface area contributed by atoms with Gasteiger partial charge in [0.15, 0.2) is 0 Å². The van der Waals surface area contributed by atoms with Crippen LogP contribution in [0.2, 0.25) is 0 Å². The van der Waals surface area contributed by atoms with Crippen LogP contribution in [-0.4, -0.2) is 11.9 Å². The van der Waals surface area contributed by atoms with Gasteiger partial charge < -0.3 is 18.6 Å². The molecule has 10 heteroatoms. The van der Waals surface area contributed by atoms with Crippen LogP contribution >= 0.6 is 0 Å². The van der Waals surface area contributed by atoms with Gasteiger partial charge in [0.05, 0.1) is 12.8 Å². The van der Waals surface area contributed by atoms with Gasteiger partial charge in [-0.15, -0.1) is 0 Å². The summed E-state index contributed by atoms with van der Waals surface area (Å²) in [6, 6.07) is 0. The number of halogens is 2. The predicted octanol–water partition coefficient (Wildman–Crippen LogP) is -4.19. The minimum absolute atomic E-state index is 0.181. The molecule has 0 radical (unpaired) electrons. The van der Waals surface area contributed by atoms with Crippen molar-refractivity contribution < 1.29 is 58.4 Å². The molecule has 0 fully saturated rings. The van der Waals surface area contributed by atoms with Gasteiger partial charge in [0.1, 0.15) is 0 Å². The van der Waals surface area contributed by atoms with Crippen LogP contribution < -0.4 is 18.6 Å². The maximum absolute atomic E-state index is 10.6. The standard InChI is InChI=1S/C6H8Cl2O8/c9-5(15-7(11)12)3-1-2-4-6(10)16-8(13)14/h1-4H2. The summed E-state index contributed by atoms with van der Waals surface area (Å²) >= 11 is 0. The third-order valence-electron chi connectivity index (χ3n) is 1.31. The Morgan fingerprint density at radius 3 is 1.38 bits per heavy atom. The highest BCUT2D eigenvalue weighted by molar-refractivity contribution is 5.69. The Labute approximate surface area is 96.6 Å². The number of hydrogen-bond acceptors (Lipinski definition) is 8. The monoisotopic (exact) mass is 278 g/mol. The molecular weight excluding hydrogens is 271 g/mol. The van der Waals surface area contributed by atoms with E-state index in [0.29, 0.717) is 0 Å². The molecule has 0 rings (SSSR count). The van der Waals surface area contributed by atoms with Gasteiger partial charge in [-0.05, 0) is 12.8 Å². The van der Waals surface area contributed by atoms with Crippen LogP contribution in [0.25, 0.3) is 0 Å². The van der Waals surface area contributed by atoms with Gasteiger partial charge in [0.2, 0.25) is 0 Å². The van der Waals surface area contributed by atoms with Crippen LogP contribution in [0.4, 0.5) is 0 Å². The molecule has 0 aliphatic rings. The fourth-order valence-corrected chi connectivity index (χ4v) is 1.19. The zero-order chi connectivity index (χ0) is 12.6. The third kappa shape index (κ3) is 9.90. The molecule has 0 bridgehead atoms. The number of unbranched alkanes of at least 4 members (excludes halogenated alkanes) is 1. The molecule has 8 nitrogen and oxygen atoms in total. The zero-order valence-corrected chi connectivity index (χ0v) is 9.36. The Balaban J connectivity index is 3.46.